The van der Waals surface area contributed by atoms with Crippen molar-refractivity contribution < 1.29 is 9.52 Å². The zero-order chi connectivity index (χ0) is 20.6. The maximum atomic E-state index is 9.29. The molecule has 3 N–H and O–H groups in total. The Morgan fingerprint density at radius 3 is 2.47 bits per heavy atom. The molecule has 0 spiro atoms. The van der Waals surface area contributed by atoms with Crippen LogP contribution < -0.4 is 15.5 Å². The standard InChI is InChI=1S/C22H33N5O2.HI/c1-4-23-22(25-14-21-26-16(2)17(3)29-21)24-13-18-5-7-20(8-6-18)27-11-9-19(15-28)10-12-27;/h5-8,19,28H,4,9-15H2,1-3H3,(H2,23,24,25);1H. The Hall–Kier alpha value is -1.81. The van der Waals surface area contributed by atoms with Crippen LogP contribution in [0.2, 0.25) is 0 Å². The lowest BCUT2D eigenvalue weighted by Gasteiger charge is -2.32. The largest absolute Gasteiger partial charge is 0.444 e. The molecule has 0 amide bonds. The summed E-state index contributed by atoms with van der Waals surface area (Å²) in [4.78, 5) is 11.5. The topological polar surface area (TPSA) is 85.9 Å². The van der Waals surface area contributed by atoms with E-state index in [1.165, 1.54) is 11.3 Å². The van der Waals surface area contributed by atoms with Crippen LogP contribution in [0.15, 0.2) is 33.7 Å². The Morgan fingerprint density at radius 1 is 1.20 bits per heavy atom. The summed E-state index contributed by atoms with van der Waals surface area (Å²) < 4.78 is 5.62. The fraction of sp³-hybridized carbons (Fsp3) is 0.545. The van der Waals surface area contributed by atoms with Crippen molar-refractivity contribution in [2.45, 2.75) is 46.7 Å². The monoisotopic (exact) mass is 527 g/mol. The maximum absolute atomic E-state index is 9.29. The molecule has 30 heavy (non-hydrogen) atoms. The molecule has 0 radical (unpaired) electrons. The number of nitrogens with one attached hydrogen (secondary N) is 2. The van der Waals surface area contributed by atoms with Gasteiger partial charge in [0.1, 0.15) is 5.76 Å². The summed E-state index contributed by atoms with van der Waals surface area (Å²) in [7, 11) is 0. The number of aryl methyl sites for hydroxylation is 2. The van der Waals surface area contributed by atoms with Crippen molar-refractivity contribution in [3.8, 4) is 0 Å². The minimum absolute atomic E-state index is 0. The third-order valence-electron chi connectivity index (χ3n) is 5.42. The number of oxazole rings is 1. The molecule has 3 rings (SSSR count). The lowest BCUT2D eigenvalue weighted by atomic mass is 9.97. The van der Waals surface area contributed by atoms with Gasteiger partial charge >= 0.3 is 0 Å². The highest BCUT2D eigenvalue weighted by Gasteiger charge is 2.18. The van der Waals surface area contributed by atoms with Gasteiger partial charge in [-0.05, 0) is 57.2 Å². The maximum Gasteiger partial charge on any atom is 0.214 e. The van der Waals surface area contributed by atoms with Gasteiger partial charge in [-0.1, -0.05) is 12.1 Å². The van der Waals surface area contributed by atoms with E-state index < -0.39 is 0 Å². The van der Waals surface area contributed by atoms with Crippen LogP contribution in [0.4, 0.5) is 5.69 Å². The van der Waals surface area contributed by atoms with Crippen LogP contribution in [-0.2, 0) is 13.1 Å². The van der Waals surface area contributed by atoms with E-state index in [1.54, 1.807) is 0 Å². The summed E-state index contributed by atoms with van der Waals surface area (Å²) in [5, 5.41) is 15.8. The SMILES string of the molecule is CCNC(=NCc1ccc(N2CCC(CO)CC2)cc1)NCc1nc(C)c(C)o1.I. The van der Waals surface area contributed by atoms with Crippen molar-refractivity contribution in [3.63, 3.8) is 0 Å². The number of anilines is 1. The van der Waals surface area contributed by atoms with Crippen LogP contribution in [0.3, 0.4) is 0 Å². The van der Waals surface area contributed by atoms with Crippen molar-refractivity contribution in [1.29, 1.82) is 0 Å². The number of halogens is 1. The molecule has 1 aromatic heterocycles. The van der Waals surface area contributed by atoms with E-state index >= 15 is 0 Å². The molecule has 7 nitrogen and oxygen atoms in total. The number of piperidine rings is 1. The summed E-state index contributed by atoms with van der Waals surface area (Å²) >= 11 is 0. The van der Waals surface area contributed by atoms with Gasteiger partial charge in [0.2, 0.25) is 5.89 Å². The number of aromatic nitrogens is 1. The Labute approximate surface area is 196 Å². The van der Waals surface area contributed by atoms with Gasteiger partial charge in [-0.2, -0.15) is 0 Å². The molecule has 0 unspecified atom stereocenters. The number of aliphatic hydroxyl groups excluding tert-OH is 1. The van der Waals surface area contributed by atoms with Crippen molar-refractivity contribution in [3.05, 3.63) is 47.2 Å². The summed E-state index contributed by atoms with van der Waals surface area (Å²) in [6, 6.07) is 8.62. The molecule has 0 aliphatic carbocycles. The molecule has 2 aromatic rings. The molecule has 166 valence electrons. The second-order valence-corrected chi connectivity index (χ2v) is 7.58. The highest BCUT2D eigenvalue weighted by atomic mass is 127. The molecule has 0 atom stereocenters. The molecule has 2 heterocycles. The molecule has 0 bridgehead atoms. The summed E-state index contributed by atoms with van der Waals surface area (Å²) in [6.45, 7) is 10.1. The Kier molecular flexibility index (Phi) is 9.90. The van der Waals surface area contributed by atoms with Crippen molar-refractivity contribution in [1.82, 2.24) is 15.6 Å². The van der Waals surface area contributed by atoms with Crippen LogP contribution >= 0.6 is 24.0 Å². The molecule has 1 aliphatic heterocycles. The van der Waals surface area contributed by atoms with Crippen molar-refractivity contribution in [2.75, 3.05) is 31.1 Å². The fourth-order valence-electron chi connectivity index (χ4n) is 3.47. The highest BCUT2D eigenvalue weighted by molar-refractivity contribution is 14.0. The number of hydrogen-bond acceptors (Lipinski definition) is 5. The Balaban J connectivity index is 0.00000320. The fourth-order valence-corrected chi connectivity index (χ4v) is 3.47. The van der Waals surface area contributed by atoms with Gasteiger partial charge < -0.3 is 25.1 Å². The van der Waals surface area contributed by atoms with E-state index in [-0.39, 0.29) is 24.0 Å². The predicted octanol–water partition coefficient (Wildman–Crippen LogP) is 3.37. The third-order valence-corrected chi connectivity index (χ3v) is 5.42. The third kappa shape index (κ3) is 6.87. The minimum atomic E-state index is 0. The van der Waals surface area contributed by atoms with Crippen LogP contribution in [0.1, 0.15) is 42.7 Å². The highest BCUT2D eigenvalue weighted by Crippen LogP contribution is 2.23. The number of aliphatic imine (C=N–C) groups is 1. The van der Waals surface area contributed by atoms with Gasteiger partial charge in [0, 0.05) is 31.9 Å². The molecular formula is C22H34IN5O2. The normalized spacial score (nSPS) is 15.1. The van der Waals surface area contributed by atoms with Crippen LogP contribution in [-0.4, -0.2) is 42.3 Å². The van der Waals surface area contributed by atoms with E-state index in [0.29, 0.717) is 31.5 Å². The number of guanidine groups is 1. The first-order valence-electron chi connectivity index (χ1n) is 10.5. The van der Waals surface area contributed by atoms with E-state index in [4.69, 9.17) is 4.42 Å². The number of aliphatic hydroxyl groups is 1. The average Bonchev–Trinajstić information content (AvgIpc) is 3.08. The van der Waals surface area contributed by atoms with E-state index in [1.807, 2.05) is 20.8 Å². The molecule has 8 heteroatoms. The van der Waals surface area contributed by atoms with Gasteiger partial charge in [0.25, 0.3) is 0 Å². The smallest absolute Gasteiger partial charge is 0.214 e. The molecule has 1 saturated heterocycles. The molecule has 0 saturated carbocycles. The van der Waals surface area contributed by atoms with Gasteiger partial charge in [-0.15, -0.1) is 24.0 Å². The van der Waals surface area contributed by atoms with Gasteiger partial charge in [0.05, 0.1) is 18.8 Å². The van der Waals surface area contributed by atoms with Crippen LogP contribution in [0, 0.1) is 19.8 Å². The molecular weight excluding hydrogens is 493 g/mol. The predicted molar refractivity (Wildman–Crippen MR) is 132 cm³/mol. The first-order valence-corrected chi connectivity index (χ1v) is 10.5. The van der Waals surface area contributed by atoms with Gasteiger partial charge in [0.15, 0.2) is 5.96 Å². The van der Waals surface area contributed by atoms with E-state index in [9.17, 15) is 5.11 Å². The van der Waals surface area contributed by atoms with Gasteiger partial charge in [-0.25, -0.2) is 9.98 Å². The van der Waals surface area contributed by atoms with Gasteiger partial charge in [-0.3, -0.25) is 0 Å². The summed E-state index contributed by atoms with van der Waals surface area (Å²) in [5.74, 6) is 2.72. The van der Waals surface area contributed by atoms with Crippen molar-refractivity contribution >= 4 is 35.6 Å². The lowest BCUT2D eigenvalue weighted by molar-refractivity contribution is 0.203. The molecule has 1 aromatic carbocycles. The zero-order valence-corrected chi connectivity index (χ0v) is 20.5. The van der Waals surface area contributed by atoms with Crippen LogP contribution in [0.5, 0.6) is 0 Å². The minimum Gasteiger partial charge on any atom is -0.444 e. The Bertz CT molecular complexity index is 779. The zero-order valence-electron chi connectivity index (χ0n) is 18.1. The van der Waals surface area contributed by atoms with E-state index in [0.717, 1.165) is 49.9 Å². The quantitative estimate of drug-likeness (QED) is 0.291. The van der Waals surface area contributed by atoms with E-state index in [2.05, 4.69) is 49.8 Å². The second kappa shape index (κ2) is 12.1. The number of hydrogen-bond donors (Lipinski definition) is 3. The number of benzene rings is 1. The molecule has 1 fully saturated rings. The average molecular weight is 527 g/mol. The summed E-state index contributed by atoms with van der Waals surface area (Å²) in [5.41, 5.74) is 3.33. The van der Waals surface area contributed by atoms with Crippen molar-refractivity contribution in [2.24, 2.45) is 10.9 Å². The first-order chi connectivity index (χ1) is 14.1. The molecule has 1 aliphatic rings. The first kappa shape index (κ1) is 24.5. The number of rotatable bonds is 7. The second-order valence-electron chi connectivity index (χ2n) is 7.58. The van der Waals surface area contributed by atoms with Crippen LogP contribution in [0.25, 0.3) is 0 Å². The number of nitrogens with zero attached hydrogens (tertiary/aromatic N) is 3. The summed E-state index contributed by atoms with van der Waals surface area (Å²) in [6.07, 6.45) is 2.12. The Morgan fingerprint density at radius 2 is 1.90 bits per heavy atom. The lowest BCUT2D eigenvalue weighted by Crippen LogP contribution is -2.36.